The van der Waals surface area contributed by atoms with E-state index in [-0.39, 0.29) is 28.6 Å². The highest BCUT2D eigenvalue weighted by Crippen LogP contribution is 2.65. The van der Waals surface area contributed by atoms with Gasteiger partial charge in [-0.05, 0) is 134 Å². The highest BCUT2D eigenvalue weighted by molar-refractivity contribution is 7.01. The fourth-order valence-electron chi connectivity index (χ4n) is 13.9. The first-order valence-corrected chi connectivity index (χ1v) is 27.3. The van der Waals surface area contributed by atoms with E-state index >= 15 is 0 Å². The summed E-state index contributed by atoms with van der Waals surface area (Å²) in [6, 6.07) is 45.9. The van der Waals surface area contributed by atoms with Gasteiger partial charge in [-0.3, -0.25) is 0 Å². The van der Waals surface area contributed by atoms with Crippen LogP contribution in [0, 0.1) is 13.8 Å². The van der Waals surface area contributed by atoms with Gasteiger partial charge in [-0.1, -0.05) is 148 Å². The van der Waals surface area contributed by atoms with Crippen LogP contribution in [0.2, 0.25) is 19.6 Å². The topological polar surface area (TPSA) is 9.72 Å². The van der Waals surface area contributed by atoms with E-state index in [1.165, 1.54) is 130 Å². The van der Waals surface area contributed by atoms with E-state index < -0.39 is 8.07 Å². The van der Waals surface area contributed by atoms with E-state index in [1.807, 2.05) is 0 Å². The van der Waals surface area contributed by atoms with Crippen molar-refractivity contribution in [2.45, 2.75) is 134 Å². The van der Waals surface area contributed by atoms with Crippen molar-refractivity contribution in [1.82, 2.24) is 0 Å². The summed E-state index contributed by atoms with van der Waals surface area (Å²) < 4.78 is 0. The molecule has 4 unspecified atom stereocenters. The highest BCUT2D eigenvalue weighted by Gasteiger charge is 2.63. The molecule has 62 heavy (non-hydrogen) atoms. The molecule has 0 aromatic heterocycles. The van der Waals surface area contributed by atoms with Crippen LogP contribution in [-0.2, 0) is 10.8 Å². The summed E-state index contributed by atoms with van der Waals surface area (Å²) >= 11 is 0. The van der Waals surface area contributed by atoms with Crippen molar-refractivity contribution >= 4 is 76.2 Å². The SMILES string of the molecule is Cc1ccc(N2c3ccc(C)cc3B3c4cc([Si](C)(C)C)cc5c4N(c4cc(N6c7ccc(-c8ccccc8)cc7C7(C)CCCCC67C)cc2c43)C2(C)CCCCC52C)cc1. The second-order valence-electron chi connectivity index (χ2n) is 22.2. The Morgan fingerprint density at radius 2 is 1.13 bits per heavy atom. The first-order chi connectivity index (χ1) is 29.7. The molecule has 312 valence electrons. The third kappa shape index (κ3) is 4.90. The van der Waals surface area contributed by atoms with Crippen LogP contribution in [0.3, 0.4) is 0 Å². The number of hydrogen-bond acceptors (Lipinski definition) is 3. The number of benzene rings is 6. The zero-order valence-electron chi connectivity index (χ0n) is 38.5. The second-order valence-corrected chi connectivity index (χ2v) is 27.2. The fraction of sp³-hybridized carbons (Fsp3) is 0.368. The molecule has 0 amide bonds. The van der Waals surface area contributed by atoms with Crippen molar-refractivity contribution in [3.8, 4) is 11.1 Å². The Kier molecular flexibility index (Phi) is 7.99. The molecule has 2 aliphatic carbocycles. The zero-order valence-corrected chi connectivity index (χ0v) is 39.5. The molecule has 6 aromatic carbocycles. The van der Waals surface area contributed by atoms with Crippen LogP contribution in [0.4, 0.5) is 39.8 Å². The second kappa shape index (κ2) is 12.8. The Balaban J connectivity index is 1.19. The van der Waals surface area contributed by atoms with Crippen molar-refractivity contribution in [1.29, 1.82) is 0 Å². The van der Waals surface area contributed by atoms with Crippen molar-refractivity contribution in [2.24, 2.45) is 0 Å². The summed E-state index contributed by atoms with van der Waals surface area (Å²) in [5.41, 5.74) is 22.4. The Hall–Kier alpha value is -5.00. The highest BCUT2D eigenvalue weighted by atomic mass is 28.3. The normalized spacial score (nSPS) is 26.4. The van der Waals surface area contributed by atoms with E-state index in [4.69, 9.17) is 0 Å². The molecule has 4 atom stereocenters. The fourth-order valence-corrected chi connectivity index (χ4v) is 15.1. The Morgan fingerprint density at radius 3 is 1.84 bits per heavy atom. The van der Waals surface area contributed by atoms with Crippen molar-refractivity contribution < 1.29 is 0 Å². The van der Waals surface area contributed by atoms with E-state index in [9.17, 15) is 0 Å². The van der Waals surface area contributed by atoms with Crippen LogP contribution >= 0.6 is 0 Å². The van der Waals surface area contributed by atoms with E-state index in [0.717, 1.165) is 0 Å². The van der Waals surface area contributed by atoms with E-state index in [0.29, 0.717) is 0 Å². The molecule has 12 rings (SSSR count). The molecular weight excluding hydrogens is 766 g/mol. The molecule has 2 fully saturated rings. The van der Waals surface area contributed by atoms with Gasteiger partial charge in [0, 0.05) is 50.6 Å². The van der Waals surface area contributed by atoms with E-state index in [2.05, 4.69) is 191 Å². The van der Waals surface area contributed by atoms with Crippen LogP contribution in [0.5, 0.6) is 0 Å². The monoisotopic (exact) mass is 827 g/mol. The van der Waals surface area contributed by atoms with Crippen molar-refractivity contribution in [2.75, 3.05) is 14.7 Å². The maximum Gasteiger partial charge on any atom is 0.252 e. The van der Waals surface area contributed by atoms with Gasteiger partial charge < -0.3 is 14.7 Å². The van der Waals surface area contributed by atoms with Crippen molar-refractivity contribution in [3.05, 3.63) is 138 Å². The molecule has 0 N–H and O–H groups in total. The molecule has 0 saturated heterocycles. The van der Waals surface area contributed by atoms with Gasteiger partial charge in [-0.15, -0.1) is 0 Å². The van der Waals surface area contributed by atoms with Crippen LogP contribution in [0.15, 0.2) is 115 Å². The third-order valence-electron chi connectivity index (χ3n) is 17.8. The minimum absolute atomic E-state index is 0.0103. The van der Waals surface area contributed by atoms with Crippen molar-refractivity contribution in [3.63, 3.8) is 0 Å². The average molecular weight is 828 g/mol. The largest absolute Gasteiger partial charge is 0.335 e. The summed E-state index contributed by atoms with van der Waals surface area (Å²) in [6.07, 6.45) is 9.90. The van der Waals surface area contributed by atoms with Crippen LogP contribution in [0.25, 0.3) is 11.1 Å². The van der Waals surface area contributed by atoms with Gasteiger partial charge in [0.15, 0.2) is 0 Å². The molecule has 5 heteroatoms. The first kappa shape index (κ1) is 38.7. The number of hydrogen-bond donors (Lipinski definition) is 0. The summed E-state index contributed by atoms with van der Waals surface area (Å²) in [6.45, 7) is 22.8. The van der Waals surface area contributed by atoms with E-state index in [1.54, 1.807) is 16.2 Å². The standard InChI is InChI=1S/C57H62BN3Si/c1-37-19-23-41(24-20-37)59-49-25-21-38(2)31-46(49)58-47-36-43(62(7,8)9)35-45-53(47)61(57(6)30-16-14-28-55(45,57)4)51-34-42(33-50(59)52(51)58)60-48-26-22-40(39-17-11-10-12-18-39)32-44(48)54(3)27-13-15-29-56(54,60)5/h10-12,17-26,31-36H,13-16,27-30H2,1-9H3. The molecule has 0 bridgehead atoms. The Labute approximate surface area is 372 Å². The lowest BCUT2D eigenvalue weighted by molar-refractivity contribution is 0.194. The Bertz CT molecular complexity index is 2860. The summed E-state index contributed by atoms with van der Waals surface area (Å²) in [4.78, 5) is 8.45. The lowest BCUT2D eigenvalue weighted by Crippen LogP contribution is -2.65. The molecular formula is C57H62BN3Si. The molecule has 6 aliphatic rings. The summed E-state index contributed by atoms with van der Waals surface area (Å²) in [5, 5.41) is 1.60. The lowest BCUT2D eigenvalue weighted by Gasteiger charge is -2.53. The van der Waals surface area contributed by atoms with Gasteiger partial charge >= 0.3 is 0 Å². The Morgan fingerprint density at radius 1 is 0.500 bits per heavy atom. The third-order valence-corrected chi connectivity index (χ3v) is 19.8. The van der Waals surface area contributed by atoms with Gasteiger partial charge in [-0.25, -0.2) is 0 Å². The number of rotatable bonds is 4. The van der Waals surface area contributed by atoms with Crippen LogP contribution in [-0.4, -0.2) is 25.9 Å². The molecule has 2 saturated carbocycles. The van der Waals surface area contributed by atoms with Gasteiger partial charge in [-0.2, -0.15) is 0 Å². The molecule has 6 aromatic rings. The van der Waals surface area contributed by atoms with Gasteiger partial charge in [0.25, 0.3) is 6.71 Å². The summed E-state index contributed by atoms with van der Waals surface area (Å²) in [7, 11) is -1.69. The van der Waals surface area contributed by atoms with Gasteiger partial charge in [0.05, 0.1) is 19.2 Å². The lowest BCUT2D eigenvalue weighted by atomic mass is 9.33. The smallest absolute Gasteiger partial charge is 0.252 e. The molecule has 4 aliphatic heterocycles. The molecule has 0 spiro atoms. The maximum absolute atomic E-state index is 2.95. The molecule has 0 radical (unpaired) electrons. The van der Waals surface area contributed by atoms with Gasteiger partial charge in [0.2, 0.25) is 0 Å². The van der Waals surface area contributed by atoms with Gasteiger partial charge in [0.1, 0.15) is 0 Å². The quantitative estimate of drug-likeness (QED) is 0.164. The number of nitrogens with zero attached hydrogens (tertiary/aromatic N) is 3. The predicted octanol–water partition coefficient (Wildman–Crippen LogP) is 12.6. The first-order valence-electron chi connectivity index (χ1n) is 23.8. The maximum atomic E-state index is 2.95. The van der Waals surface area contributed by atoms with Crippen LogP contribution < -0.4 is 36.3 Å². The minimum Gasteiger partial charge on any atom is -0.335 e. The molecule has 4 heterocycles. The zero-order chi connectivity index (χ0) is 42.7. The number of anilines is 7. The summed E-state index contributed by atoms with van der Waals surface area (Å²) in [5.74, 6) is 0. The number of aryl methyl sites for hydroxylation is 2. The predicted molar refractivity (Wildman–Crippen MR) is 269 cm³/mol. The molecule has 3 nitrogen and oxygen atoms in total. The average Bonchev–Trinajstić information content (AvgIpc) is 3.60. The number of fused-ring (bicyclic) bond motifs is 10. The minimum atomic E-state index is -1.69. The van der Waals surface area contributed by atoms with Crippen LogP contribution in [0.1, 0.15) is 101 Å².